The summed E-state index contributed by atoms with van der Waals surface area (Å²) < 4.78 is 42.1. The van der Waals surface area contributed by atoms with E-state index in [1.54, 1.807) is 24.4 Å². The maximum Gasteiger partial charge on any atom is 0.333 e. The minimum Gasteiger partial charge on any atom is -0.390 e. The fourth-order valence-corrected chi connectivity index (χ4v) is 4.61. The average molecular weight is 506 g/mol. The van der Waals surface area contributed by atoms with E-state index in [0.29, 0.717) is 11.3 Å². The highest BCUT2D eigenvalue weighted by Gasteiger charge is 2.42. The van der Waals surface area contributed by atoms with Gasteiger partial charge in [0.1, 0.15) is 17.8 Å². The van der Waals surface area contributed by atoms with Crippen molar-refractivity contribution in [1.29, 1.82) is 0 Å². The number of nitrogens with zero attached hydrogens (tertiary/aromatic N) is 4. The van der Waals surface area contributed by atoms with Crippen LogP contribution in [0.2, 0.25) is 0 Å². The van der Waals surface area contributed by atoms with Gasteiger partial charge in [0.15, 0.2) is 0 Å². The number of aliphatic hydroxyl groups excluding tert-OH is 2. The van der Waals surface area contributed by atoms with Crippen molar-refractivity contribution in [2.45, 2.75) is 31.6 Å². The summed E-state index contributed by atoms with van der Waals surface area (Å²) in [6, 6.07) is 7.78. The maximum absolute atomic E-state index is 13.9. The number of ketones is 1. The summed E-state index contributed by atoms with van der Waals surface area (Å²) in [6.45, 7) is -0.227. The Bertz CT molecular complexity index is 1320. The normalized spacial score (nSPS) is 22.4. The predicted molar refractivity (Wildman–Crippen MR) is 120 cm³/mol. The number of aromatic nitrogens is 4. The zero-order valence-corrected chi connectivity index (χ0v) is 19.3. The minimum atomic E-state index is -4.19. The van der Waals surface area contributed by atoms with Gasteiger partial charge < -0.3 is 10.2 Å². The molecule has 4 rings (SSSR count). The highest BCUT2D eigenvalue weighted by Crippen LogP contribution is 2.35. The third-order valence-corrected chi connectivity index (χ3v) is 6.49. The number of aliphatic hydroxyl groups is 2. The summed E-state index contributed by atoms with van der Waals surface area (Å²) in [6.07, 6.45) is 2.13. The maximum atomic E-state index is 13.9. The molecular weight excluding hydrogens is 481 g/mol. The molecule has 186 valence electrons. The van der Waals surface area contributed by atoms with Crippen molar-refractivity contribution in [3.05, 3.63) is 77.4 Å². The molecule has 1 fully saturated rings. The molecule has 0 unspecified atom stereocenters. The molecule has 0 amide bonds. The summed E-state index contributed by atoms with van der Waals surface area (Å²) in [5.41, 5.74) is 1.06. The van der Waals surface area contributed by atoms with E-state index in [1.807, 2.05) is 0 Å². The lowest BCUT2D eigenvalue weighted by Crippen LogP contribution is -2.31. The Balaban J connectivity index is 1.48. The van der Waals surface area contributed by atoms with Crippen LogP contribution >= 0.6 is 0 Å². The fraction of sp³-hybridized carbons (Fsp3) is 0.364. The lowest BCUT2D eigenvalue weighted by atomic mass is 9.95. The summed E-state index contributed by atoms with van der Waals surface area (Å²) in [5, 5.41) is 29.9. The van der Waals surface area contributed by atoms with E-state index in [1.165, 1.54) is 29.3 Å². The molecule has 1 aliphatic carbocycles. The van der Waals surface area contributed by atoms with Crippen molar-refractivity contribution in [2.24, 2.45) is 17.0 Å². The third kappa shape index (κ3) is 5.94. The van der Waals surface area contributed by atoms with Gasteiger partial charge in [0.25, 0.3) is 0 Å². The second-order valence-corrected chi connectivity index (χ2v) is 9.64. The van der Waals surface area contributed by atoms with E-state index < -0.39 is 40.1 Å². The standard InChI is InChI=1S/C22H24FN5O6S/c23-17-4-2-1-3-13(17)10-28-6-5-18(27-28)22(31)16-9-25-12-26-19(16)8-14-7-15(21(30)20(14)29)11-34-35(24,32)33/h1-6,9,12,14-15,20-21,29-30H,7-8,10-11H2,(H2,24,32,33)/t14-,15+,20-,21+/m0/s1. The molecule has 2 aromatic heterocycles. The van der Waals surface area contributed by atoms with Gasteiger partial charge in [-0.1, -0.05) is 18.2 Å². The molecule has 0 radical (unpaired) electrons. The first-order valence-corrected chi connectivity index (χ1v) is 12.2. The van der Waals surface area contributed by atoms with Crippen LogP contribution in [0.25, 0.3) is 0 Å². The number of carbonyl (C=O) groups excluding carboxylic acids is 1. The van der Waals surface area contributed by atoms with Gasteiger partial charge in [0.2, 0.25) is 5.78 Å². The van der Waals surface area contributed by atoms with Crippen LogP contribution in [-0.2, 0) is 27.5 Å². The summed E-state index contributed by atoms with van der Waals surface area (Å²) in [4.78, 5) is 21.3. The van der Waals surface area contributed by atoms with Crippen LogP contribution in [0.4, 0.5) is 4.39 Å². The number of nitrogens with two attached hydrogens (primary N) is 1. The smallest absolute Gasteiger partial charge is 0.333 e. The summed E-state index contributed by atoms with van der Waals surface area (Å²) in [7, 11) is -4.19. The van der Waals surface area contributed by atoms with Crippen LogP contribution in [0.1, 0.15) is 33.7 Å². The predicted octanol–water partition coefficient (Wildman–Crippen LogP) is 0.212. The number of carbonyl (C=O) groups is 1. The molecule has 1 aliphatic rings. The van der Waals surface area contributed by atoms with E-state index in [9.17, 15) is 27.8 Å². The van der Waals surface area contributed by atoms with E-state index in [2.05, 4.69) is 19.2 Å². The first-order chi connectivity index (χ1) is 16.6. The number of hydrogen-bond acceptors (Lipinski definition) is 9. The van der Waals surface area contributed by atoms with Gasteiger partial charge in [-0.2, -0.15) is 13.5 Å². The molecule has 0 aliphatic heterocycles. The quantitative estimate of drug-likeness (QED) is 0.344. The van der Waals surface area contributed by atoms with Crippen molar-refractivity contribution in [3.8, 4) is 0 Å². The van der Waals surface area contributed by atoms with E-state index in [4.69, 9.17) is 5.14 Å². The molecule has 35 heavy (non-hydrogen) atoms. The van der Waals surface area contributed by atoms with Crippen LogP contribution in [0.15, 0.2) is 49.1 Å². The molecule has 1 saturated carbocycles. The number of halogens is 1. The van der Waals surface area contributed by atoms with Crippen molar-refractivity contribution in [3.63, 3.8) is 0 Å². The van der Waals surface area contributed by atoms with Crippen molar-refractivity contribution in [1.82, 2.24) is 19.7 Å². The summed E-state index contributed by atoms with van der Waals surface area (Å²) >= 11 is 0. The zero-order valence-electron chi connectivity index (χ0n) is 18.4. The van der Waals surface area contributed by atoms with Crippen molar-refractivity contribution in [2.75, 3.05) is 6.61 Å². The highest BCUT2D eigenvalue weighted by atomic mass is 32.2. The van der Waals surface area contributed by atoms with Gasteiger partial charge in [-0.25, -0.2) is 19.5 Å². The third-order valence-electron chi connectivity index (χ3n) is 6.03. The first kappa shape index (κ1) is 25.0. The Labute approximate surface area is 200 Å². The molecule has 3 aromatic rings. The van der Waals surface area contributed by atoms with E-state index in [0.717, 1.165) is 0 Å². The van der Waals surface area contributed by atoms with Crippen LogP contribution in [-0.4, -0.2) is 63.0 Å². The molecule has 0 bridgehead atoms. The largest absolute Gasteiger partial charge is 0.390 e. The van der Waals surface area contributed by atoms with Crippen LogP contribution in [0, 0.1) is 17.7 Å². The Morgan fingerprint density at radius 2 is 1.94 bits per heavy atom. The van der Waals surface area contributed by atoms with E-state index in [-0.39, 0.29) is 43.1 Å². The van der Waals surface area contributed by atoms with Crippen LogP contribution in [0.3, 0.4) is 0 Å². The average Bonchev–Trinajstić information content (AvgIpc) is 3.39. The van der Waals surface area contributed by atoms with Gasteiger partial charge in [-0.3, -0.25) is 13.7 Å². The Morgan fingerprint density at radius 3 is 2.69 bits per heavy atom. The van der Waals surface area contributed by atoms with Crippen molar-refractivity contribution >= 4 is 16.1 Å². The van der Waals surface area contributed by atoms with Crippen LogP contribution in [0.5, 0.6) is 0 Å². The van der Waals surface area contributed by atoms with Gasteiger partial charge in [0.05, 0.1) is 36.6 Å². The van der Waals surface area contributed by atoms with Gasteiger partial charge in [-0.05, 0) is 30.9 Å². The molecule has 1 aromatic carbocycles. The molecule has 11 nitrogen and oxygen atoms in total. The summed E-state index contributed by atoms with van der Waals surface area (Å²) in [5.74, 6) is -2.00. The minimum absolute atomic E-state index is 0.115. The van der Waals surface area contributed by atoms with Gasteiger partial charge in [0, 0.05) is 23.9 Å². The number of hydrogen-bond donors (Lipinski definition) is 3. The molecule has 0 saturated heterocycles. The molecule has 13 heteroatoms. The second kappa shape index (κ2) is 10.3. The number of benzene rings is 1. The topological polar surface area (TPSA) is 171 Å². The number of rotatable bonds is 9. The lowest BCUT2D eigenvalue weighted by molar-refractivity contribution is -0.00334. The highest BCUT2D eigenvalue weighted by molar-refractivity contribution is 7.84. The first-order valence-electron chi connectivity index (χ1n) is 10.8. The molecule has 4 atom stereocenters. The molecular formula is C22H24FN5O6S. The molecule has 0 spiro atoms. The SMILES string of the molecule is NS(=O)(=O)OC[C@H]1C[C@@H](Cc2ncncc2C(=O)c2ccn(Cc3ccccc3F)n2)[C@H](O)[C@@H]1O. The molecule has 2 heterocycles. The van der Waals surface area contributed by atoms with E-state index >= 15 is 0 Å². The zero-order chi connectivity index (χ0) is 25.2. The van der Waals surface area contributed by atoms with Crippen molar-refractivity contribution < 1.29 is 32.0 Å². The van der Waals surface area contributed by atoms with Gasteiger partial charge in [-0.15, -0.1) is 0 Å². The Morgan fingerprint density at radius 1 is 1.20 bits per heavy atom. The Kier molecular flexibility index (Phi) is 7.33. The second-order valence-electron chi connectivity index (χ2n) is 8.42. The van der Waals surface area contributed by atoms with Gasteiger partial charge >= 0.3 is 10.3 Å². The lowest BCUT2D eigenvalue weighted by Gasteiger charge is -2.17. The Hall–Kier alpha value is -3.10. The van der Waals surface area contributed by atoms with Crippen LogP contribution < -0.4 is 5.14 Å². The monoisotopic (exact) mass is 505 g/mol. The molecule has 4 N–H and O–H groups in total. The fourth-order valence-electron chi connectivity index (χ4n) is 4.24.